The minimum absolute atomic E-state index is 0.0269. The first kappa shape index (κ1) is 73.7. The first-order chi connectivity index (χ1) is 42.3. The van der Waals surface area contributed by atoms with E-state index in [-0.39, 0.29) is 88.8 Å². The number of nitrogens with zero attached hydrogens (tertiary/aromatic N) is 4. The fourth-order valence-electron chi connectivity index (χ4n) is 14.2. The molecule has 6 rings (SSSR count). The number of aromatic nitrogens is 2. The summed E-state index contributed by atoms with van der Waals surface area (Å²) in [5, 5.41) is 40.3. The maximum atomic E-state index is 14.4. The van der Waals surface area contributed by atoms with Crippen LogP contribution in [0.25, 0.3) is 11.0 Å². The summed E-state index contributed by atoms with van der Waals surface area (Å²) < 4.78 is 32.7. The Morgan fingerprint density at radius 3 is 2.13 bits per heavy atom. The van der Waals surface area contributed by atoms with Crippen LogP contribution in [0.3, 0.4) is 0 Å². The van der Waals surface area contributed by atoms with E-state index in [4.69, 9.17) is 67.7 Å². The van der Waals surface area contributed by atoms with Gasteiger partial charge in [-0.1, -0.05) is 6.92 Å². The monoisotopic (exact) mass is 1330 g/mol. The number of benzene rings is 1. The van der Waals surface area contributed by atoms with E-state index in [9.17, 15) is 58.6 Å². The topological polar surface area (TPSA) is 458 Å². The SMILES string of the molecule is CNC(=O)CC[C@@H]1C([C](C)=[Co])=N[C@@](C)(C2N=C(C(C)=C3N/C(=C\C(=N)[C@@H](CCC(N)=O)C(C)CC(N)=O)C(C)(C)[C@@H]3CCC(N)=O)[C@](C)(CCC(=O)NC[C@@H](C)OP(=O)(O)O[C@H]3[C@@H](O)[C@@H](n4cnc5cc(C)c(C)cc54)O[C@@H]3CO)[C@H]2CC(N)=O)[C@@]1(C)CC(N)=O. The van der Waals surface area contributed by atoms with Gasteiger partial charge in [0.25, 0.3) is 0 Å². The second-order valence-electron chi connectivity index (χ2n) is 26.4. The Morgan fingerprint density at radius 1 is 0.912 bits per heavy atom. The van der Waals surface area contributed by atoms with Crippen LogP contribution in [0.15, 0.2) is 51.5 Å². The van der Waals surface area contributed by atoms with Crippen LogP contribution >= 0.6 is 7.82 Å². The predicted octanol–water partition coefficient (Wildman–Crippen LogP) is 3.07. The van der Waals surface area contributed by atoms with E-state index in [1.807, 2.05) is 67.5 Å². The van der Waals surface area contributed by atoms with Gasteiger partial charge in [-0.05, 0) is 56.4 Å². The van der Waals surface area contributed by atoms with Gasteiger partial charge >= 0.3 is 301 Å². The molecule has 0 spiro atoms. The van der Waals surface area contributed by atoms with Crippen molar-refractivity contribution in [2.75, 3.05) is 20.2 Å². The van der Waals surface area contributed by atoms with Gasteiger partial charge in [-0.2, -0.15) is 0 Å². The molecule has 0 bridgehead atoms. The van der Waals surface area contributed by atoms with Crippen LogP contribution in [0, 0.1) is 65.1 Å². The van der Waals surface area contributed by atoms with Crippen molar-refractivity contribution in [1.82, 2.24) is 25.5 Å². The minimum atomic E-state index is -5.08. The van der Waals surface area contributed by atoms with Crippen molar-refractivity contribution in [2.24, 2.45) is 84.5 Å². The van der Waals surface area contributed by atoms with Gasteiger partial charge in [0, 0.05) is 24.5 Å². The molecule has 0 saturated carbocycles. The summed E-state index contributed by atoms with van der Waals surface area (Å²) in [4.78, 5) is 118. The molecule has 1 aromatic heterocycles. The second-order valence-corrected chi connectivity index (χ2v) is 28.5. The van der Waals surface area contributed by atoms with Gasteiger partial charge in [0.05, 0.1) is 30.1 Å². The number of nitrogens with one attached hydrogen (secondary N) is 4. The fourth-order valence-corrected chi connectivity index (χ4v) is 15.6. The number of aliphatic imine (C=N–C) groups is 2. The van der Waals surface area contributed by atoms with Gasteiger partial charge in [0.2, 0.25) is 17.7 Å². The van der Waals surface area contributed by atoms with E-state index in [1.165, 1.54) is 20.3 Å². The number of rotatable bonds is 32. The molecule has 91 heavy (non-hydrogen) atoms. The van der Waals surface area contributed by atoms with E-state index in [0.29, 0.717) is 43.9 Å². The number of amides is 7. The summed E-state index contributed by atoms with van der Waals surface area (Å²) in [5.41, 5.74) is 30.4. The Hall–Kier alpha value is -6.36. The van der Waals surface area contributed by atoms with Crippen molar-refractivity contribution in [3.8, 4) is 0 Å². The number of aliphatic hydroxyl groups excluding tert-OH is 2. The van der Waals surface area contributed by atoms with E-state index < -0.39 is 138 Å². The number of allylic oxidation sites excluding steroid dienone is 4. The van der Waals surface area contributed by atoms with E-state index >= 15 is 0 Å². The molecule has 4 aliphatic heterocycles. The molecular weight excluding hydrogens is 1240 g/mol. The van der Waals surface area contributed by atoms with Crippen LogP contribution in [0.1, 0.15) is 150 Å². The Bertz CT molecular complexity index is 3380. The molecule has 2 aromatic rings. The standard InChI is InChI=1S/C62H94N13O14P.Co/c1-13-41-37(16-19-51(82)69-12)61(10,27-50(68)81)62(11,74-41)57-39(25-49(67)80)60(9,56(73-57)35(6)53-38(15-18-47(65)78)59(7,8)45(72-53)26-40(63)36(14-17-46(64)77)33(4)24-48(66)79)21-20-52(83)70-28-34(5)88-90(85,86)89-55-44(29-76)87-58(54(55)84)75-30-71-42-22-31(2)32(3)23-43(42)75;/h22-23,26,30,33-34,36-39,44,54-55,57-58,63,72,76,84H,14-21,24-25,27-29H2,1-12H3,(H2,64,77)(H2,65,78)(H2,66,79)(H2,67,80)(H2,68,81)(H,69,82)(H,70,83)(H,85,86);/b45-26-,53-35?,63-40?;/t33?,34-,36+,37-,38-,39+,44-,54-,55-,57?,58+,60-,61+,62+;/m1./s1. The summed E-state index contributed by atoms with van der Waals surface area (Å²) in [5.74, 6) is -7.06. The van der Waals surface area contributed by atoms with Crippen molar-refractivity contribution in [3.63, 3.8) is 0 Å². The van der Waals surface area contributed by atoms with Crippen LogP contribution < -0.4 is 44.6 Å². The third-order valence-corrected chi connectivity index (χ3v) is 21.1. The fraction of sp³-hybridized carbons (Fsp3) is 0.645. The van der Waals surface area contributed by atoms with Crippen molar-refractivity contribution >= 4 is 81.8 Å². The van der Waals surface area contributed by atoms with Crippen molar-refractivity contribution in [2.45, 2.75) is 189 Å². The first-order valence-electron chi connectivity index (χ1n) is 30.7. The number of carbonyl (C=O) groups is 7. The first-order valence-corrected chi connectivity index (χ1v) is 32.7. The van der Waals surface area contributed by atoms with E-state index in [1.54, 1.807) is 24.5 Å². The van der Waals surface area contributed by atoms with Gasteiger partial charge in [-0.3, -0.25) is 23.4 Å². The van der Waals surface area contributed by atoms with Crippen molar-refractivity contribution in [1.29, 1.82) is 5.41 Å². The summed E-state index contributed by atoms with van der Waals surface area (Å²) in [6.07, 6.45) is -4.05. The molecule has 7 amide bonds. The number of primary amides is 5. The number of phosphoric ester groups is 1. The summed E-state index contributed by atoms with van der Waals surface area (Å²) >= 11 is 4.86. The third kappa shape index (κ3) is 16.2. The van der Waals surface area contributed by atoms with Gasteiger partial charge in [0.15, 0.2) is 6.23 Å². The van der Waals surface area contributed by atoms with Gasteiger partial charge in [-0.15, -0.1) is 0 Å². The molecule has 27 nitrogen and oxygen atoms in total. The number of nitrogens with two attached hydrogens (primary N) is 5. The molecule has 0 aliphatic carbocycles. The number of phosphoric acid groups is 1. The molecule has 505 valence electrons. The number of fused-ring (bicyclic) bond motifs is 1. The van der Waals surface area contributed by atoms with Crippen LogP contribution in [0.2, 0.25) is 0 Å². The molecular formula is C62H94CoN13O14P. The number of imidazole rings is 1. The Kier molecular flexibility index (Phi) is 23.7. The van der Waals surface area contributed by atoms with Crippen LogP contribution in [0.5, 0.6) is 0 Å². The normalized spacial score (nSPS) is 29.6. The average Bonchev–Trinajstić information content (AvgIpc) is 1.54. The molecule has 17 N–H and O–H groups in total. The van der Waals surface area contributed by atoms with Gasteiger partial charge < -0.3 is 47.0 Å². The number of carbonyl (C=O) groups excluding carboxylic acids is 7. The summed E-state index contributed by atoms with van der Waals surface area (Å²) in [6, 6.07) is 2.73. The molecule has 2 fully saturated rings. The van der Waals surface area contributed by atoms with Crippen molar-refractivity contribution in [3.05, 3.63) is 52.6 Å². The zero-order valence-electron chi connectivity index (χ0n) is 54.1. The average molecular weight is 1340 g/mol. The Labute approximate surface area is 539 Å². The number of hydrogen-bond acceptors (Lipinski definition) is 18. The Balaban J connectivity index is 1.40. The zero-order valence-corrected chi connectivity index (χ0v) is 56.1. The molecule has 5 heterocycles. The Morgan fingerprint density at radius 2 is 1.55 bits per heavy atom. The van der Waals surface area contributed by atoms with Crippen LogP contribution in [-0.4, -0.2) is 144 Å². The maximum absolute atomic E-state index is 14.4. The molecule has 4 aliphatic rings. The van der Waals surface area contributed by atoms with Crippen molar-refractivity contribution < 1.29 is 82.3 Å². The molecule has 1 aromatic carbocycles. The number of hydrogen-bond donors (Lipinski definition) is 12. The van der Waals surface area contributed by atoms with E-state index in [0.717, 1.165) is 11.1 Å². The quantitative estimate of drug-likeness (QED) is 0.0370. The second kappa shape index (κ2) is 29.3. The zero-order chi connectivity index (χ0) is 68.2. The molecule has 2 saturated heterocycles. The molecule has 3 unspecified atom stereocenters. The number of aliphatic hydroxyl groups is 2. The molecule has 15 atom stereocenters. The number of aryl methyl sites for hydroxylation is 2. The van der Waals surface area contributed by atoms with E-state index in [2.05, 4.69) is 20.9 Å². The van der Waals surface area contributed by atoms with Crippen LogP contribution in [0.4, 0.5) is 0 Å². The predicted molar refractivity (Wildman–Crippen MR) is 338 cm³/mol. The summed E-state index contributed by atoms with van der Waals surface area (Å²) in [6.45, 7) is 19.0. The molecule has 29 heteroatoms. The van der Waals surface area contributed by atoms with Crippen LogP contribution in [-0.2, 0) is 67.2 Å². The number of ether oxygens (including phenoxy) is 1. The van der Waals surface area contributed by atoms with Gasteiger partial charge in [-0.25, -0.2) is 9.55 Å². The third-order valence-electron chi connectivity index (χ3n) is 19.6. The summed E-state index contributed by atoms with van der Waals surface area (Å²) in [7, 11) is -3.56. The van der Waals surface area contributed by atoms with Gasteiger partial charge in [0.1, 0.15) is 18.3 Å². The molecule has 0 radical (unpaired) electrons.